The highest BCUT2D eigenvalue weighted by atomic mass is 16.4. The molecule has 110 valence electrons. The van der Waals surface area contributed by atoms with Crippen molar-refractivity contribution in [1.82, 2.24) is 10.2 Å². The summed E-state index contributed by atoms with van der Waals surface area (Å²) >= 11 is 0. The van der Waals surface area contributed by atoms with Crippen LogP contribution in [0.4, 0.5) is 4.79 Å². The predicted molar refractivity (Wildman–Crippen MR) is 74.0 cm³/mol. The van der Waals surface area contributed by atoms with E-state index >= 15 is 0 Å². The summed E-state index contributed by atoms with van der Waals surface area (Å²) < 4.78 is 0. The number of amides is 2. The van der Waals surface area contributed by atoms with E-state index in [1.54, 1.807) is 11.8 Å². The smallest absolute Gasteiger partial charge is 0.329 e. The summed E-state index contributed by atoms with van der Waals surface area (Å²) in [6.07, 6.45) is 2.28. The molecule has 0 bridgehead atoms. The second kappa shape index (κ2) is 6.26. The second-order valence-electron chi connectivity index (χ2n) is 6.17. The van der Waals surface area contributed by atoms with Gasteiger partial charge in [-0.1, -0.05) is 27.2 Å². The number of carboxylic acid groups (broad SMARTS) is 1. The maximum Gasteiger partial charge on any atom is 0.329 e. The molecule has 1 fully saturated rings. The molecule has 1 aliphatic heterocycles. The SMILES string of the molecule is CCCC(C)(NC(=O)N1CC(C)CC(C)C1)C(=O)O. The molecule has 3 unspecified atom stereocenters. The number of piperidine rings is 1. The van der Waals surface area contributed by atoms with Crippen LogP contribution in [0.1, 0.15) is 47.0 Å². The van der Waals surface area contributed by atoms with Crippen LogP contribution in [0.2, 0.25) is 0 Å². The van der Waals surface area contributed by atoms with Crippen molar-refractivity contribution in [3.05, 3.63) is 0 Å². The standard InChI is InChI=1S/C14H26N2O3/c1-5-6-14(4,12(17)18)15-13(19)16-8-10(2)7-11(3)9-16/h10-11H,5-9H2,1-4H3,(H,15,19)(H,17,18). The van der Waals surface area contributed by atoms with Gasteiger partial charge >= 0.3 is 12.0 Å². The van der Waals surface area contributed by atoms with Gasteiger partial charge in [-0.15, -0.1) is 0 Å². The van der Waals surface area contributed by atoms with E-state index in [4.69, 9.17) is 0 Å². The number of carboxylic acids is 1. The maximum absolute atomic E-state index is 12.2. The Labute approximate surface area is 115 Å². The van der Waals surface area contributed by atoms with Crippen LogP contribution < -0.4 is 5.32 Å². The van der Waals surface area contributed by atoms with E-state index in [1.165, 1.54) is 0 Å². The zero-order chi connectivity index (χ0) is 14.6. The molecule has 2 N–H and O–H groups in total. The Morgan fingerprint density at radius 2 is 1.84 bits per heavy atom. The van der Waals surface area contributed by atoms with Crippen LogP contribution in [0.15, 0.2) is 0 Å². The van der Waals surface area contributed by atoms with Gasteiger partial charge in [0.25, 0.3) is 0 Å². The zero-order valence-electron chi connectivity index (χ0n) is 12.4. The van der Waals surface area contributed by atoms with Crippen LogP contribution >= 0.6 is 0 Å². The van der Waals surface area contributed by atoms with Crippen LogP contribution in [-0.4, -0.2) is 40.6 Å². The Kier molecular flexibility index (Phi) is 5.20. The molecule has 0 spiro atoms. The lowest BCUT2D eigenvalue weighted by Crippen LogP contribution is -2.58. The monoisotopic (exact) mass is 270 g/mol. The fourth-order valence-electron chi connectivity index (χ4n) is 2.87. The van der Waals surface area contributed by atoms with Gasteiger partial charge in [0, 0.05) is 13.1 Å². The van der Waals surface area contributed by atoms with Gasteiger partial charge in [0.05, 0.1) is 0 Å². The predicted octanol–water partition coefficient (Wildman–Crippen LogP) is 2.32. The Hall–Kier alpha value is -1.26. The molecule has 1 heterocycles. The van der Waals surface area contributed by atoms with Crippen molar-refractivity contribution in [2.45, 2.75) is 52.5 Å². The molecule has 19 heavy (non-hydrogen) atoms. The molecule has 0 radical (unpaired) electrons. The Morgan fingerprint density at radius 1 is 1.32 bits per heavy atom. The molecular weight excluding hydrogens is 244 g/mol. The molecule has 1 aliphatic rings. The Balaban J connectivity index is 2.69. The molecule has 3 atom stereocenters. The molecule has 0 aromatic carbocycles. The second-order valence-corrected chi connectivity index (χ2v) is 6.17. The van der Waals surface area contributed by atoms with E-state index in [0.717, 1.165) is 12.8 Å². The lowest BCUT2D eigenvalue weighted by Gasteiger charge is -2.37. The minimum absolute atomic E-state index is 0.253. The van der Waals surface area contributed by atoms with E-state index in [2.05, 4.69) is 19.2 Å². The number of hydrogen-bond donors (Lipinski definition) is 2. The minimum Gasteiger partial charge on any atom is -0.480 e. The first kappa shape index (κ1) is 15.8. The number of aliphatic carboxylic acids is 1. The molecule has 0 aromatic rings. The largest absolute Gasteiger partial charge is 0.480 e. The first-order valence-corrected chi connectivity index (χ1v) is 7.09. The van der Waals surface area contributed by atoms with Gasteiger partial charge in [0.15, 0.2) is 0 Å². The number of nitrogens with zero attached hydrogens (tertiary/aromatic N) is 1. The summed E-state index contributed by atoms with van der Waals surface area (Å²) in [5, 5.41) is 12.0. The number of rotatable bonds is 4. The van der Waals surface area contributed by atoms with Crippen molar-refractivity contribution in [1.29, 1.82) is 0 Å². The molecule has 2 amide bonds. The normalized spacial score (nSPS) is 26.6. The molecule has 5 heteroatoms. The lowest BCUT2D eigenvalue weighted by atomic mass is 9.92. The molecular formula is C14H26N2O3. The molecule has 0 aromatic heterocycles. The third-order valence-electron chi connectivity index (χ3n) is 3.76. The summed E-state index contributed by atoms with van der Waals surface area (Å²) in [4.78, 5) is 25.3. The molecule has 1 saturated heterocycles. The number of nitrogens with one attached hydrogen (secondary N) is 1. The fraction of sp³-hybridized carbons (Fsp3) is 0.857. The van der Waals surface area contributed by atoms with Crippen molar-refractivity contribution in [2.24, 2.45) is 11.8 Å². The van der Waals surface area contributed by atoms with Crippen molar-refractivity contribution < 1.29 is 14.7 Å². The molecule has 0 aliphatic carbocycles. The van der Waals surface area contributed by atoms with Crippen molar-refractivity contribution >= 4 is 12.0 Å². The maximum atomic E-state index is 12.2. The fourth-order valence-corrected chi connectivity index (χ4v) is 2.87. The van der Waals surface area contributed by atoms with Gasteiger partial charge in [-0.05, 0) is 31.6 Å². The Morgan fingerprint density at radius 3 is 2.26 bits per heavy atom. The van der Waals surface area contributed by atoms with Gasteiger partial charge in [-0.2, -0.15) is 0 Å². The number of carbonyl (C=O) groups excluding carboxylic acids is 1. The summed E-state index contributed by atoms with van der Waals surface area (Å²) in [5.41, 5.74) is -1.17. The van der Waals surface area contributed by atoms with Crippen LogP contribution in [0, 0.1) is 11.8 Å². The number of urea groups is 1. The quantitative estimate of drug-likeness (QED) is 0.823. The highest BCUT2D eigenvalue weighted by Crippen LogP contribution is 2.22. The molecule has 5 nitrogen and oxygen atoms in total. The van der Waals surface area contributed by atoms with Crippen molar-refractivity contribution in [2.75, 3.05) is 13.1 Å². The van der Waals surface area contributed by atoms with Gasteiger partial charge in [-0.25, -0.2) is 9.59 Å². The van der Waals surface area contributed by atoms with E-state index in [9.17, 15) is 14.7 Å². The lowest BCUT2D eigenvalue weighted by molar-refractivity contribution is -0.144. The number of carbonyl (C=O) groups is 2. The average Bonchev–Trinajstić information content (AvgIpc) is 2.27. The van der Waals surface area contributed by atoms with E-state index in [0.29, 0.717) is 31.3 Å². The minimum atomic E-state index is -1.17. The van der Waals surface area contributed by atoms with Gasteiger partial charge in [0.1, 0.15) is 5.54 Å². The average molecular weight is 270 g/mol. The van der Waals surface area contributed by atoms with E-state index in [-0.39, 0.29) is 6.03 Å². The summed E-state index contributed by atoms with van der Waals surface area (Å²) in [6, 6.07) is -0.253. The highest BCUT2D eigenvalue weighted by molar-refractivity contribution is 5.85. The first-order chi connectivity index (χ1) is 8.78. The van der Waals surface area contributed by atoms with Crippen LogP contribution in [0.3, 0.4) is 0 Å². The number of likely N-dealkylation sites (tertiary alicyclic amines) is 1. The molecule has 1 rings (SSSR count). The van der Waals surface area contributed by atoms with Crippen LogP contribution in [0.25, 0.3) is 0 Å². The highest BCUT2D eigenvalue weighted by Gasteiger charge is 2.36. The number of hydrogen-bond acceptors (Lipinski definition) is 2. The van der Waals surface area contributed by atoms with E-state index < -0.39 is 11.5 Å². The summed E-state index contributed by atoms with van der Waals surface area (Å²) in [7, 11) is 0. The van der Waals surface area contributed by atoms with Gasteiger partial charge in [-0.3, -0.25) is 0 Å². The van der Waals surface area contributed by atoms with Crippen molar-refractivity contribution in [3.63, 3.8) is 0 Å². The first-order valence-electron chi connectivity index (χ1n) is 7.09. The zero-order valence-corrected chi connectivity index (χ0v) is 12.4. The van der Waals surface area contributed by atoms with Crippen LogP contribution in [-0.2, 0) is 4.79 Å². The van der Waals surface area contributed by atoms with Crippen molar-refractivity contribution in [3.8, 4) is 0 Å². The topological polar surface area (TPSA) is 69.6 Å². The summed E-state index contributed by atoms with van der Waals surface area (Å²) in [6.45, 7) is 9.15. The van der Waals surface area contributed by atoms with Crippen LogP contribution in [0.5, 0.6) is 0 Å². The van der Waals surface area contributed by atoms with E-state index in [1.807, 2.05) is 6.92 Å². The third-order valence-corrected chi connectivity index (χ3v) is 3.76. The van der Waals surface area contributed by atoms with Gasteiger partial charge in [0.2, 0.25) is 0 Å². The summed E-state index contributed by atoms with van der Waals surface area (Å²) in [5.74, 6) is -0.0330. The molecule has 0 saturated carbocycles. The Bertz CT molecular complexity index is 336. The van der Waals surface area contributed by atoms with Gasteiger partial charge < -0.3 is 15.3 Å². The third kappa shape index (κ3) is 4.11.